The molecule has 0 spiro atoms. The average Bonchev–Trinajstić information content (AvgIpc) is 3.17. The summed E-state index contributed by atoms with van der Waals surface area (Å²) in [7, 11) is 0. The number of nitrogens with zero attached hydrogens (tertiary/aromatic N) is 1. The van der Waals surface area contributed by atoms with Gasteiger partial charge in [0.25, 0.3) is 5.91 Å². The SMILES string of the molecule is O=C(NC[C@@H](c1ccc(Cl)cc1)N1CCc2sccc2C1)c1ccc[nH]c1=S. The van der Waals surface area contributed by atoms with E-state index < -0.39 is 0 Å². The molecule has 4 rings (SSSR count). The third kappa shape index (κ3) is 4.20. The zero-order valence-electron chi connectivity index (χ0n) is 15.2. The highest BCUT2D eigenvalue weighted by Crippen LogP contribution is 2.30. The van der Waals surface area contributed by atoms with Crippen LogP contribution in [0, 0.1) is 4.64 Å². The molecule has 3 aromatic rings. The molecule has 0 saturated carbocycles. The number of carbonyl (C=O) groups excluding carboxylic acids is 1. The highest BCUT2D eigenvalue weighted by Gasteiger charge is 2.26. The number of aromatic amines is 1. The molecule has 2 aromatic heterocycles. The van der Waals surface area contributed by atoms with Gasteiger partial charge in [-0.1, -0.05) is 36.0 Å². The summed E-state index contributed by atoms with van der Waals surface area (Å²) in [5.41, 5.74) is 3.01. The molecule has 1 aromatic carbocycles. The summed E-state index contributed by atoms with van der Waals surface area (Å²) in [4.78, 5) is 19.5. The number of rotatable bonds is 5. The third-order valence-electron chi connectivity index (χ3n) is 5.05. The number of H-pyrrole nitrogens is 1. The molecule has 0 fully saturated rings. The first kappa shape index (κ1) is 19.3. The fourth-order valence-electron chi connectivity index (χ4n) is 3.56. The summed E-state index contributed by atoms with van der Waals surface area (Å²) in [5, 5.41) is 5.94. The van der Waals surface area contributed by atoms with Crippen LogP contribution < -0.4 is 5.32 Å². The van der Waals surface area contributed by atoms with Gasteiger partial charge in [0.15, 0.2) is 0 Å². The van der Waals surface area contributed by atoms with Gasteiger partial charge < -0.3 is 10.3 Å². The van der Waals surface area contributed by atoms with Gasteiger partial charge in [0, 0.05) is 35.7 Å². The maximum atomic E-state index is 12.7. The lowest BCUT2D eigenvalue weighted by Gasteiger charge is -2.35. The van der Waals surface area contributed by atoms with E-state index in [1.165, 1.54) is 10.4 Å². The van der Waals surface area contributed by atoms with E-state index in [0.29, 0.717) is 21.8 Å². The molecule has 1 atom stereocenters. The Balaban J connectivity index is 1.55. The van der Waals surface area contributed by atoms with Crippen LogP contribution in [-0.2, 0) is 13.0 Å². The highest BCUT2D eigenvalue weighted by molar-refractivity contribution is 7.71. The molecule has 3 heterocycles. The largest absolute Gasteiger partial charge is 0.352 e. The summed E-state index contributed by atoms with van der Waals surface area (Å²) in [6, 6.07) is 13.7. The molecule has 4 nitrogen and oxygen atoms in total. The van der Waals surface area contributed by atoms with E-state index in [1.807, 2.05) is 35.6 Å². The number of hydrogen-bond donors (Lipinski definition) is 2. The second-order valence-electron chi connectivity index (χ2n) is 6.78. The number of fused-ring (bicyclic) bond motifs is 1. The molecule has 0 unspecified atom stereocenters. The highest BCUT2D eigenvalue weighted by atomic mass is 35.5. The molecule has 144 valence electrons. The van der Waals surface area contributed by atoms with Crippen LogP contribution in [0.15, 0.2) is 54.0 Å². The summed E-state index contributed by atoms with van der Waals surface area (Å²) in [5.74, 6) is -0.158. The predicted molar refractivity (Wildman–Crippen MR) is 117 cm³/mol. The van der Waals surface area contributed by atoms with Crippen LogP contribution >= 0.6 is 35.2 Å². The Morgan fingerprint density at radius 3 is 2.89 bits per heavy atom. The quantitative estimate of drug-likeness (QED) is 0.562. The molecule has 7 heteroatoms. The van der Waals surface area contributed by atoms with Crippen molar-refractivity contribution in [3.63, 3.8) is 0 Å². The first-order valence-electron chi connectivity index (χ1n) is 9.12. The molecular weight excluding hydrogens is 410 g/mol. The maximum Gasteiger partial charge on any atom is 0.254 e. The number of hydrogen-bond acceptors (Lipinski definition) is 4. The Morgan fingerprint density at radius 1 is 1.29 bits per heavy atom. The predicted octanol–water partition coefficient (Wildman–Crippen LogP) is 4.99. The van der Waals surface area contributed by atoms with Gasteiger partial charge in [0.05, 0.1) is 11.6 Å². The third-order valence-corrected chi connectivity index (χ3v) is 6.66. The van der Waals surface area contributed by atoms with Gasteiger partial charge in [0.1, 0.15) is 4.64 Å². The van der Waals surface area contributed by atoms with Crippen molar-refractivity contribution in [3.8, 4) is 0 Å². The van der Waals surface area contributed by atoms with Crippen molar-refractivity contribution in [3.05, 3.63) is 85.3 Å². The summed E-state index contributed by atoms with van der Waals surface area (Å²) >= 11 is 13.1. The minimum Gasteiger partial charge on any atom is -0.352 e. The zero-order valence-corrected chi connectivity index (χ0v) is 17.5. The Bertz CT molecular complexity index is 1030. The van der Waals surface area contributed by atoms with Crippen LogP contribution in [0.5, 0.6) is 0 Å². The van der Waals surface area contributed by atoms with Crippen LogP contribution in [0.4, 0.5) is 0 Å². The number of carbonyl (C=O) groups is 1. The standard InChI is InChI=1S/C21H20ClN3OS2/c22-16-5-3-14(4-6-16)18(25-10-7-19-15(13-25)8-11-28-19)12-24-20(26)17-2-1-9-23-21(17)27/h1-6,8-9,11,18H,7,10,12-13H2,(H,23,27)(H,24,26)/t18-/m0/s1. The topological polar surface area (TPSA) is 48.1 Å². The molecule has 0 bridgehead atoms. The number of amides is 1. The normalized spacial score (nSPS) is 15.0. The first-order chi connectivity index (χ1) is 13.6. The van der Waals surface area contributed by atoms with Crippen LogP contribution in [-0.4, -0.2) is 28.9 Å². The van der Waals surface area contributed by atoms with Gasteiger partial charge in [-0.2, -0.15) is 0 Å². The van der Waals surface area contributed by atoms with Crippen molar-refractivity contribution < 1.29 is 4.79 Å². The van der Waals surface area contributed by atoms with Crippen LogP contribution in [0.2, 0.25) is 5.02 Å². The van der Waals surface area contributed by atoms with Crippen molar-refractivity contribution in [2.75, 3.05) is 13.1 Å². The second kappa shape index (κ2) is 8.57. The van der Waals surface area contributed by atoms with Gasteiger partial charge in [-0.05, 0) is 53.3 Å². The molecule has 0 saturated heterocycles. The second-order valence-corrected chi connectivity index (χ2v) is 8.63. The molecule has 1 aliphatic heterocycles. The van der Waals surface area contributed by atoms with Crippen molar-refractivity contribution in [2.24, 2.45) is 0 Å². The lowest BCUT2D eigenvalue weighted by atomic mass is 10.0. The van der Waals surface area contributed by atoms with E-state index in [9.17, 15) is 4.79 Å². The molecule has 0 aliphatic carbocycles. The summed E-state index contributed by atoms with van der Waals surface area (Å²) in [6.07, 6.45) is 2.76. The van der Waals surface area contributed by atoms with Crippen molar-refractivity contribution in [1.29, 1.82) is 0 Å². The number of pyridine rings is 1. The lowest BCUT2D eigenvalue weighted by molar-refractivity contribution is 0.0927. The van der Waals surface area contributed by atoms with E-state index in [4.69, 9.17) is 23.8 Å². The lowest BCUT2D eigenvalue weighted by Crippen LogP contribution is -2.40. The summed E-state index contributed by atoms with van der Waals surface area (Å²) < 4.78 is 0.448. The van der Waals surface area contributed by atoms with Gasteiger partial charge in [-0.3, -0.25) is 9.69 Å². The number of benzene rings is 1. The van der Waals surface area contributed by atoms with Crippen LogP contribution in [0.1, 0.15) is 32.4 Å². The number of aromatic nitrogens is 1. The van der Waals surface area contributed by atoms with Gasteiger partial charge in [-0.15, -0.1) is 11.3 Å². The van der Waals surface area contributed by atoms with Crippen molar-refractivity contribution in [2.45, 2.75) is 19.0 Å². The molecule has 1 amide bonds. The van der Waals surface area contributed by atoms with Crippen LogP contribution in [0.3, 0.4) is 0 Å². The molecule has 2 N–H and O–H groups in total. The van der Waals surface area contributed by atoms with Gasteiger partial charge in [0.2, 0.25) is 0 Å². The average molecular weight is 430 g/mol. The van der Waals surface area contributed by atoms with E-state index in [0.717, 1.165) is 25.1 Å². The van der Waals surface area contributed by atoms with Gasteiger partial charge in [-0.25, -0.2) is 0 Å². The summed E-state index contributed by atoms with van der Waals surface area (Å²) in [6.45, 7) is 2.35. The van der Waals surface area contributed by atoms with E-state index in [2.05, 4.69) is 26.6 Å². The maximum absolute atomic E-state index is 12.7. The number of nitrogens with one attached hydrogen (secondary N) is 2. The number of halogens is 1. The number of thiophene rings is 1. The van der Waals surface area contributed by atoms with Crippen LogP contribution in [0.25, 0.3) is 0 Å². The van der Waals surface area contributed by atoms with E-state index in [1.54, 1.807) is 18.3 Å². The molecule has 28 heavy (non-hydrogen) atoms. The molecule has 0 radical (unpaired) electrons. The van der Waals surface area contributed by atoms with Crippen molar-refractivity contribution in [1.82, 2.24) is 15.2 Å². The minimum atomic E-state index is -0.158. The van der Waals surface area contributed by atoms with E-state index >= 15 is 0 Å². The minimum absolute atomic E-state index is 0.0653. The Kier molecular flexibility index (Phi) is 5.92. The molecule has 1 aliphatic rings. The Labute approximate surface area is 178 Å². The monoisotopic (exact) mass is 429 g/mol. The fourth-order valence-corrected chi connectivity index (χ4v) is 4.81. The molecular formula is C21H20ClN3OS2. The van der Waals surface area contributed by atoms with E-state index in [-0.39, 0.29) is 11.9 Å². The van der Waals surface area contributed by atoms with Gasteiger partial charge >= 0.3 is 0 Å². The zero-order chi connectivity index (χ0) is 19.5. The fraction of sp³-hybridized carbons (Fsp3) is 0.238. The Morgan fingerprint density at radius 2 is 2.11 bits per heavy atom. The van der Waals surface area contributed by atoms with Crippen molar-refractivity contribution >= 4 is 41.1 Å². The Hall–Kier alpha value is -1.99. The smallest absolute Gasteiger partial charge is 0.254 e. The first-order valence-corrected chi connectivity index (χ1v) is 10.8.